The van der Waals surface area contributed by atoms with E-state index in [1.54, 1.807) is 29.1 Å². The summed E-state index contributed by atoms with van der Waals surface area (Å²) in [5, 5.41) is 15.5. The van der Waals surface area contributed by atoms with E-state index < -0.39 is 24.3 Å². The van der Waals surface area contributed by atoms with Crippen LogP contribution >= 0.6 is 0 Å². The van der Waals surface area contributed by atoms with E-state index in [2.05, 4.69) is 36.4 Å². The number of aryl methyl sites for hydroxylation is 1. The van der Waals surface area contributed by atoms with Crippen molar-refractivity contribution in [1.82, 2.24) is 35.5 Å². The van der Waals surface area contributed by atoms with Crippen molar-refractivity contribution in [3.05, 3.63) is 101 Å². The number of carbonyl (C=O) groups is 4. The van der Waals surface area contributed by atoms with Crippen molar-refractivity contribution < 1.29 is 28.7 Å². The van der Waals surface area contributed by atoms with Gasteiger partial charge in [-0.25, -0.2) is 19.6 Å². The second-order valence-corrected chi connectivity index (χ2v) is 14.4. The van der Waals surface area contributed by atoms with Gasteiger partial charge < -0.3 is 35.0 Å². The van der Waals surface area contributed by atoms with Gasteiger partial charge in [0.1, 0.15) is 23.7 Å². The summed E-state index contributed by atoms with van der Waals surface area (Å²) >= 11 is 0. The molecule has 15 heteroatoms. The summed E-state index contributed by atoms with van der Waals surface area (Å²) in [4.78, 5) is 70.5. The lowest BCUT2D eigenvalue weighted by molar-refractivity contribution is -0.134. The highest BCUT2D eigenvalue weighted by Gasteiger charge is 2.43. The maximum Gasteiger partial charge on any atom is 0.407 e. The van der Waals surface area contributed by atoms with Crippen LogP contribution in [0.15, 0.2) is 73.1 Å². The van der Waals surface area contributed by atoms with E-state index in [1.807, 2.05) is 60.7 Å². The lowest BCUT2D eigenvalue weighted by Gasteiger charge is -2.27. The molecule has 15 nitrogen and oxygen atoms in total. The lowest BCUT2D eigenvalue weighted by Crippen LogP contribution is -2.48. The second kappa shape index (κ2) is 15.3. The number of nitrogens with zero attached hydrogens (tertiary/aromatic N) is 5. The smallest absolute Gasteiger partial charge is 0.407 e. The molecule has 2 aromatic heterocycles. The molecule has 3 aliphatic heterocycles. The quantitative estimate of drug-likeness (QED) is 0.153. The Bertz CT molecular complexity index is 2410. The van der Waals surface area contributed by atoms with Crippen LogP contribution in [0, 0.1) is 11.3 Å². The number of carbonyl (C=O) groups excluding carboxylic acids is 4. The number of imidazole rings is 2. The summed E-state index contributed by atoms with van der Waals surface area (Å²) < 4.78 is 9.44. The summed E-state index contributed by atoms with van der Waals surface area (Å²) in [6.45, 7) is 2.18. The van der Waals surface area contributed by atoms with E-state index in [1.165, 1.54) is 14.2 Å². The van der Waals surface area contributed by atoms with Crippen molar-refractivity contribution in [2.24, 2.45) is 0 Å². The Balaban J connectivity index is 0.987. The van der Waals surface area contributed by atoms with Crippen molar-refractivity contribution in [2.75, 3.05) is 25.7 Å². The van der Waals surface area contributed by atoms with Gasteiger partial charge in [0.25, 0.3) is 0 Å². The highest BCUT2D eigenvalue weighted by molar-refractivity contribution is 6.02. The van der Waals surface area contributed by atoms with Gasteiger partial charge in [0.15, 0.2) is 0 Å². The number of rotatable bonds is 8. The van der Waals surface area contributed by atoms with Crippen LogP contribution in [0.2, 0.25) is 0 Å². The largest absolute Gasteiger partial charge is 0.453 e. The first kappa shape index (κ1) is 37.0. The Morgan fingerprint density at radius 2 is 1.54 bits per heavy atom. The zero-order valence-corrected chi connectivity index (χ0v) is 31.7. The minimum atomic E-state index is -0.748. The molecule has 4 N–H and O–H groups in total. The van der Waals surface area contributed by atoms with Crippen LogP contribution in [0.1, 0.15) is 66.6 Å². The molecule has 8 rings (SSSR count). The highest BCUT2D eigenvalue weighted by Crippen LogP contribution is 2.45. The molecular weight excluding hydrogens is 727 g/mol. The van der Waals surface area contributed by atoms with Gasteiger partial charge in [-0.15, -0.1) is 0 Å². The molecule has 4 amide bonds. The monoisotopic (exact) mass is 767 g/mol. The van der Waals surface area contributed by atoms with Crippen LogP contribution in [0.25, 0.3) is 33.6 Å². The van der Waals surface area contributed by atoms with Crippen molar-refractivity contribution in [1.29, 1.82) is 5.26 Å². The molecule has 5 heterocycles. The molecule has 57 heavy (non-hydrogen) atoms. The first-order valence-electron chi connectivity index (χ1n) is 18.9. The Morgan fingerprint density at radius 3 is 2.26 bits per heavy atom. The number of alkyl carbamates (subject to hydrolysis) is 2. The van der Waals surface area contributed by atoms with Crippen LogP contribution in [0.4, 0.5) is 15.3 Å². The maximum atomic E-state index is 13.9. The van der Waals surface area contributed by atoms with Gasteiger partial charge in [-0.05, 0) is 66.5 Å². The Hall–Kier alpha value is -6.95. The Labute approximate surface area is 328 Å². The predicted molar refractivity (Wildman–Crippen MR) is 208 cm³/mol. The van der Waals surface area contributed by atoms with Gasteiger partial charge >= 0.3 is 12.2 Å². The van der Waals surface area contributed by atoms with Crippen LogP contribution in [-0.2, 0) is 31.9 Å². The molecule has 3 aromatic carbocycles. The summed E-state index contributed by atoms with van der Waals surface area (Å²) in [7, 11) is 2.54. The molecular formula is C42H41N9O6. The predicted octanol–water partition coefficient (Wildman–Crippen LogP) is 5.71. The molecule has 5 aromatic rings. The molecule has 0 spiro atoms. The minimum Gasteiger partial charge on any atom is -0.453 e. The normalized spacial score (nSPS) is 19.0. The molecule has 1 fully saturated rings. The Kier molecular flexibility index (Phi) is 9.93. The van der Waals surface area contributed by atoms with Crippen LogP contribution in [0.3, 0.4) is 0 Å². The number of hydrogen-bond donors (Lipinski definition) is 4. The van der Waals surface area contributed by atoms with Crippen molar-refractivity contribution in [3.63, 3.8) is 0 Å². The van der Waals surface area contributed by atoms with E-state index >= 15 is 0 Å². The number of amides is 4. The first-order valence-corrected chi connectivity index (χ1v) is 18.9. The SMILES string of the molecule is COC(=O)NC(C)C(=O)N1CCC[C@H]1c1ncc(-c2ccc(-c3ccc(-c4cnc([C@@H]5Cc6cccc7c6N5C(=O)[C@@H](NC(=O)OC)CC7)[nH]4)cc3)c(C#N)c2)[nH]1. The fourth-order valence-electron chi connectivity index (χ4n) is 8.24. The van der Waals surface area contributed by atoms with Gasteiger partial charge in [-0.1, -0.05) is 54.6 Å². The van der Waals surface area contributed by atoms with Crippen LogP contribution in [0.5, 0.6) is 0 Å². The van der Waals surface area contributed by atoms with Crippen LogP contribution in [-0.4, -0.2) is 81.7 Å². The van der Waals surface area contributed by atoms with Crippen molar-refractivity contribution >= 4 is 29.7 Å². The zero-order valence-electron chi connectivity index (χ0n) is 31.7. The first-order chi connectivity index (χ1) is 27.7. The standard InChI is InChI=1S/C42H41N9O6/c1-23(46-41(54)56-2)39(52)50-17-5-8-34(50)37-44-22-33(48-37)27-13-15-30(29(18-27)20-43)24-9-11-25(12-10-24)32-21-45-38(47-32)35-19-28-7-4-6-26-14-16-31(49-42(55)57-3)40(53)51(35)36(26)28/h4,6-7,9-13,15,18,21-23,31,34-35H,5,8,14,16-17,19H2,1-3H3,(H,44,48)(H,45,47)(H,46,54)(H,49,55)/t23?,31-,34-,35-/m0/s1. The summed E-state index contributed by atoms with van der Waals surface area (Å²) in [6, 6.07) is 19.8. The molecule has 290 valence electrons. The number of ether oxygens (including phenoxy) is 2. The van der Waals surface area contributed by atoms with E-state index in [-0.39, 0.29) is 23.9 Å². The van der Waals surface area contributed by atoms with Gasteiger partial charge in [0.2, 0.25) is 11.8 Å². The van der Waals surface area contributed by atoms with Crippen molar-refractivity contribution in [2.45, 2.75) is 63.2 Å². The number of hydrogen-bond acceptors (Lipinski definition) is 9. The molecule has 0 radical (unpaired) electrons. The number of nitrogens with one attached hydrogen (secondary N) is 4. The second-order valence-electron chi connectivity index (χ2n) is 14.4. The third-order valence-electron chi connectivity index (χ3n) is 11.1. The topological polar surface area (TPSA) is 198 Å². The summed E-state index contributed by atoms with van der Waals surface area (Å²) in [5.74, 6) is 0.871. The average molecular weight is 768 g/mol. The average Bonchev–Trinajstić information content (AvgIpc) is 4.06. The number of anilines is 1. The van der Waals surface area contributed by atoms with Gasteiger partial charge in [-0.3, -0.25) is 14.5 Å². The molecule has 0 aliphatic carbocycles. The fourth-order valence-corrected chi connectivity index (χ4v) is 8.24. The van der Waals surface area contributed by atoms with E-state index in [4.69, 9.17) is 9.72 Å². The van der Waals surface area contributed by atoms with E-state index in [9.17, 15) is 24.4 Å². The van der Waals surface area contributed by atoms with Crippen molar-refractivity contribution in [3.8, 4) is 39.7 Å². The summed E-state index contributed by atoms with van der Waals surface area (Å²) in [6.07, 6.45) is 5.39. The number of likely N-dealkylation sites (tertiary alicyclic amines) is 1. The van der Waals surface area contributed by atoms with Gasteiger partial charge in [0.05, 0.1) is 67.4 Å². The lowest BCUT2D eigenvalue weighted by atomic mass is 9.96. The zero-order chi connectivity index (χ0) is 39.8. The molecule has 0 bridgehead atoms. The number of methoxy groups -OCH3 is 2. The number of aromatic amines is 2. The number of nitriles is 1. The molecule has 0 saturated carbocycles. The van der Waals surface area contributed by atoms with Crippen LogP contribution < -0.4 is 15.5 Å². The summed E-state index contributed by atoms with van der Waals surface area (Å²) in [5.41, 5.74) is 8.30. The molecule has 4 atom stereocenters. The number of benzene rings is 3. The fraction of sp³-hybridized carbons (Fsp3) is 0.310. The highest BCUT2D eigenvalue weighted by atomic mass is 16.5. The third kappa shape index (κ3) is 6.94. The maximum absolute atomic E-state index is 13.9. The molecule has 1 saturated heterocycles. The van der Waals surface area contributed by atoms with Gasteiger partial charge in [0, 0.05) is 18.5 Å². The Morgan fingerprint density at radius 1 is 0.877 bits per heavy atom. The van der Waals surface area contributed by atoms with E-state index in [0.29, 0.717) is 43.0 Å². The molecule has 1 unspecified atom stereocenters. The molecule has 3 aliphatic rings. The number of H-pyrrole nitrogens is 2. The van der Waals surface area contributed by atoms with Gasteiger partial charge in [-0.2, -0.15) is 5.26 Å². The van der Waals surface area contributed by atoms with E-state index in [0.717, 1.165) is 63.3 Å². The number of aromatic nitrogens is 4. The minimum absolute atomic E-state index is 0.197. The number of para-hydroxylation sites is 1. The third-order valence-corrected chi connectivity index (χ3v) is 11.1.